The number of nitrogens with one attached hydrogen (secondary N) is 1. The van der Waals surface area contributed by atoms with Gasteiger partial charge >= 0.3 is 6.86 Å². The Morgan fingerprint density at radius 2 is 1.90 bits per heavy atom. The minimum atomic E-state index is -2.03. The van der Waals surface area contributed by atoms with Crippen LogP contribution in [0.1, 0.15) is 26.7 Å². The highest BCUT2D eigenvalue weighted by atomic mass is 35.7. The van der Waals surface area contributed by atoms with E-state index in [1.165, 1.54) is 6.42 Å². The molecule has 0 unspecified atom stereocenters. The van der Waals surface area contributed by atoms with Gasteiger partial charge in [0.15, 0.2) is 0 Å². The van der Waals surface area contributed by atoms with Crippen molar-refractivity contribution in [1.29, 1.82) is 0 Å². The van der Waals surface area contributed by atoms with Crippen LogP contribution in [0.3, 0.4) is 0 Å². The zero-order valence-electron chi connectivity index (χ0n) is 6.58. The maximum Gasteiger partial charge on any atom is 0.322 e. The first-order chi connectivity index (χ1) is 4.62. The summed E-state index contributed by atoms with van der Waals surface area (Å²) in [6.07, 6.45) is 2.30. The Labute approximate surface area is 73.6 Å². The van der Waals surface area contributed by atoms with E-state index in [0.717, 1.165) is 19.0 Å². The van der Waals surface area contributed by atoms with E-state index in [1.54, 1.807) is 0 Å². The van der Waals surface area contributed by atoms with Crippen molar-refractivity contribution in [3.05, 3.63) is 0 Å². The van der Waals surface area contributed by atoms with E-state index in [9.17, 15) is 0 Å². The second-order valence-electron chi connectivity index (χ2n) is 2.34. The summed E-state index contributed by atoms with van der Waals surface area (Å²) < 4.78 is 0. The van der Waals surface area contributed by atoms with Crippen LogP contribution in [-0.2, 0) is 0 Å². The summed E-state index contributed by atoms with van der Waals surface area (Å²) in [5.41, 5.74) is 0. The van der Waals surface area contributed by atoms with Crippen LogP contribution in [0.15, 0.2) is 0 Å². The van der Waals surface area contributed by atoms with Crippen molar-refractivity contribution in [2.24, 2.45) is 0 Å². The predicted octanol–water partition coefficient (Wildman–Crippen LogP) is 2.81. The highest BCUT2D eigenvalue weighted by Crippen LogP contribution is 2.19. The molecule has 10 heavy (non-hydrogen) atoms. The highest BCUT2D eigenvalue weighted by molar-refractivity contribution is 7.44. The van der Waals surface area contributed by atoms with Gasteiger partial charge in [-0.05, 0) is 12.6 Å². The highest BCUT2D eigenvalue weighted by Gasteiger charge is 2.25. The smallest absolute Gasteiger partial charge is 0.314 e. The molecule has 0 amide bonds. The minimum Gasteiger partial charge on any atom is -0.314 e. The van der Waals surface area contributed by atoms with E-state index in [-0.39, 0.29) is 0 Å². The van der Waals surface area contributed by atoms with Crippen LogP contribution in [0.25, 0.3) is 0 Å². The van der Waals surface area contributed by atoms with Crippen LogP contribution in [0.4, 0.5) is 0 Å². The van der Waals surface area contributed by atoms with Crippen molar-refractivity contribution in [2.45, 2.75) is 32.7 Å². The van der Waals surface area contributed by atoms with Gasteiger partial charge in [-0.15, -0.1) is 22.2 Å². The monoisotopic (exact) mass is 199 g/mol. The van der Waals surface area contributed by atoms with E-state index in [1.807, 2.05) is 6.92 Å². The average Bonchev–Trinajstić information content (AvgIpc) is 1.84. The Morgan fingerprint density at radius 3 is 2.30 bits per heavy atom. The van der Waals surface area contributed by atoms with Crippen LogP contribution in [0.2, 0.25) is 6.04 Å². The maximum absolute atomic E-state index is 6.01. The van der Waals surface area contributed by atoms with Crippen molar-refractivity contribution in [3.8, 4) is 0 Å². The van der Waals surface area contributed by atoms with E-state index >= 15 is 0 Å². The fourth-order valence-corrected chi connectivity index (χ4v) is 3.84. The third-order valence-electron chi connectivity index (χ3n) is 1.28. The number of rotatable bonds is 5. The van der Waals surface area contributed by atoms with Gasteiger partial charge in [0.25, 0.3) is 0 Å². The van der Waals surface area contributed by atoms with Gasteiger partial charge in [-0.1, -0.05) is 26.7 Å². The summed E-state index contributed by atoms with van der Waals surface area (Å²) in [6.45, 7) is 3.02. The first-order valence-electron chi connectivity index (χ1n) is 3.75. The standard InChI is InChI=1S/C6H15Cl2NSi/c1-3-5-6-10(7,8)9-4-2/h9H,3-6H2,1-2H3. The summed E-state index contributed by atoms with van der Waals surface area (Å²) >= 11 is 12.0. The lowest BCUT2D eigenvalue weighted by Gasteiger charge is -2.15. The van der Waals surface area contributed by atoms with Gasteiger partial charge in [-0.2, -0.15) is 0 Å². The van der Waals surface area contributed by atoms with Gasteiger partial charge in [0.05, 0.1) is 0 Å². The molecule has 0 atom stereocenters. The molecule has 0 saturated heterocycles. The number of halogens is 2. The molecule has 62 valence electrons. The Hall–Kier alpha value is 0.757. The van der Waals surface area contributed by atoms with Crippen LogP contribution < -0.4 is 4.98 Å². The molecule has 1 nitrogen and oxygen atoms in total. The lowest BCUT2D eigenvalue weighted by molar-refractivity contribution is 0.857. The number of hydrogen-bond acceptors (Lipinski definition) is 1. The van der Waals surface area contributed by atoms with Crippen LogP contribution in [-0.4, -0.2) is 13.4 Å². The lowest BCUT2D eigenvalue weighted by Crippen LogP contribution is -2.39. The van der Waals surface area contributed by atoms with E-state index in [4.69, 9.17) is 22.2 Å². The second-order valence-corrected chi connectivity index (χ2v) is 9.05. The van der Waals surface area contributed by atoms with Gasteiger partial charge in [0, 0.05) is 0 Å². The van der Waals surface area contributed by atoms with Crippen LogP contribution >= 0.6 is 22.2 Å². The molecule has 0 aromatic carbocycles. The molecule has 0 aliphatic heterocycles. The van der Waals surface area contributed by atoms with Gasteiger partial charge in [-0.3, -0.25) is 0 Å². The first-order valence-corrected chi connectivity index (χ1v) is 7.98. The van der Waals surface area contributed by atoms with E-state index in [0.29, 0.717) is 0 Å². The first kappa shape index (κ1) is 10.8. The number of hydrogen-bond donors (Lipinski definition) is 1. The van der Waals surface area contributed by atoms with Crippen molar-refractivity contribution >= 4 is 29.0 Å². The Bertz CT molecular complexity index is 87.8. The summed E-state index contributed by atoms with van der Waals surface area (Å²) in [4.78, 5) is 3.13. The van der Waals surface area contributed by atoms with Crippen molar-refractivity contribution in [3.63, 3.8) is 0 Å². The minimum absolute atomic E-state index is 0.878. The van der Waals surface area contributed by atoms with Crippen molar-refractivity contribution in [2.75, 3.05) is 6.54 Å². The largest absolute Gasteiger partial charge is 0.322 e. The number of unbranched alkanes of at least 4 members (excludes halogenated alkanes) is 1. The summed E-state index contributed by atoms with van der Waals surface area (Å²) in [6, 6.07) is 0.959. The van der Waals surface area contributed by atoms with Gasteiger partial charge < -0.3 is 4.98 Å². The molecule has 0 aliphatic rings. The van der Waals surface area contributed by atoms with Gasteiger partial charge in [0.1, 0.15) is 0 Å². The molecule has 0 aliphatic carbocycles. The van der Waals surface area contributed by atoms with Crippen LogP contribution in [0.5, 0.6) is 0 Å². The molecule has 0 bridgehead atoms. The molecule has 0 radical (unpaired) electrons. The fraction of sp³-hybridized carbons (Fsp3) is 1.00. The normalized spacial score (nSPS) is 12.0. The SMILES string of the molecule is CCCC[Si](Cl)(Cl)NCC. The molecule has 0 spiro atoms. The molecular formula is C6H15Cl2NSi. The predicted molar refractivity (Wildman–Crippen MR) is 50.9 cm³/mol. The van der Waals surface area contributed by atoms with Crippen molar-refractivity contribution < 1.29 is 0 Å². The Kier molecular flexibility index (Phi) is 5.82. The summed E-state index contributed by atoms with van der Waals surface area (Å²) in [5.74, 6) is 0. The molecule has 0 heterocycles. The van der Waals surface area contributed by atoms with Gasteiger partial charge in [-0.25, -0.2) is 0 Å². The van der Waals surface area contributed by atoms with Gasteiger partial charge in [0.2, 0.25) is 0 Å². The zero-order valence-corrected chi connectivity index (χ0v) is 9.10. The van der Waals surface area contributed by atoms with E-state index < -0.39 is 6.86 Å². The third-order valence-corrected chi connectivity index (χ3v) is 5.07. The average molecular weight is 200 g/mol. The fourth-order valence-electron chi connectivity index (χ4n) is 0.746. The summed E-state index contributed by atoms with van der Waals surface area (Å²) in [5, 5.41) is 0. The molecule has 1 N–H and O–H groups in total. The van der Waals surface area contributed by atoms with E-state index in [2.05, 4.69) is 11.9 Å². The second kappa shape index (κ2) is 5.41. The Balaban J connectivity index is 3.42. The third kappa shape index (κ3) is 5.53. The molecule has 0 saturated carbocycles. The lowest BCUT2D eigenvalue weighted by atomic mass is 10.4. The zero-order chi connectivity index (χ0) is 8.04. The Morgan fingerprint density at radius 1 is 1.30 bits per heavy atom. The molecule has 0 aromatic rings. The topological polar surface area (TPSA) is 12.0 Å². The quantitative estimate of drug-likeness (QED) is 0.531. The van der Waals surface area contributed by atoms with Crippen molar-refractivity contribution in [1.82, 2.24) is 4.98 Å². The molecule has 0 aromatic heterocycles. The molecule has 0 fully saturated rings. The molecular weight excluding hydrogens is 185 g/mol. The van der Waals surface area contributed by atoms with Crippen LogP contribution in [0, 0.1) is 0 Å². The molecule has 4 heteroatoms. The molecule has 0 rings (SSSR count). The maximum atomic E-state index is 6.01. The summed E-state index contributed by atoms with van der Waals surface area (Å²) in [7, 11) is 0.